The molecular formula is C16H16ClN3S. The monoisotopic (exact) mass is 317 g/mol. The van der Waals surface area contributed by atoms with Crippen molar-refractivity contribution in [2.24, 2.45) is 0 Å². The number of imidazole rings is 1. The summed E-state index contributed by atoms with van der Waals surface area (Å²) in [6.45, 7) is 2.08. The van der Waals surface area contributed by atoms with E-state index >= 15 is 0 Å². The van der Waals surface area contributed by atoms with E-state index < -0.39 is 0 Å². The second-order valence-corrected chi connectivity index (χ2v) is 6.81. The van der Waals surface area contributed by atoms with Crippen LogP contribution in [0.2, 0.25) is 0 Å². The number of aryl methyl sites for hydroxylation is 2. The fourth-order valence-corrected chi connectivity index (χ4v) is 4.48. The Morgan fingerprint density at radius 3 is 3.19 bits per heavy atom. The van der Waals surface area contributed by atoms with Crippen LogP contribution in [-0.2, 0) is 12.3 Å². The number of pyridine rings is 1. The highest BCUT2D eigenvalue weighted by Crippen LogP contribution is 2.38. The zero-order valence-corrected chi connectivity index (χ0v) is 13.4. The van der Waals surface area contributed by atoms with Crippen LogP contribution in [0.25, 0.3) is 11.2 Å². The van der Waals surface area contributed by atoms with E-state index in [1.54, 1.807) is 0 Å². The van der Waals surface area contributed by atoms with Crippen molar-refractivity contribution < 1.29 is 0 Å². The molecule has 108 valence electrons. The third-order valence-electron chi connectivity index (χ3n) is 4.31. The van der Waals surface area contributed by atoms with Gasteiger partial charge in [0.2, 0.25) is 0 Å². The number of alkyl halides is 1. The van der Waals surface area contributed by atoms with Gasteiger partial charge in [-0.2, -0.15) is 0 Å². The van der Waals surface area contributed by atoms with E-state index in [2.05, 4.69) is 27.9 Å². The Morgan fingerprint density at radius 2 is 2.33 bits per heavy atom. The van der Waals surface area contributed by atoms with Crippen molar-refractivity contribution in [3.05, 3.63) is 45.5 Å². The summed E-state index contributed by atoms with van der Waals surface area (Å²) in [5, 5.41) is 2.20. The van der Waals surface area contributed by atoms with Crippen LogP contribution in [0.3, 0.4) is 0 Å². The molecule has 1 aliphatic carbocycles. The maximum atomic E-state index is 6.17. The molecule has 0 radical (unpaired) electrons. The molecule has 0 aromatic carbocycles. The van der Waals surface area contributed by atoms with E-state index in [4.69, 9.17) is 16.6 Å². The summed E-state index contributed by atoms with van der Waals surface area (Å²) in [6.07, 6.45) is 5.41. The van der Waals surface area contributed by atoms with Gasteiger partial charge < -0.3 is 4.57 Å². The molecule has 3 aromatic heterocycles. The molecule has 0 N–H and O–H groups in total. The Morgan fingerprint density at radius 1 is 1.43 bits per heavy atom. The van der Waals surface area contributed by atoms with Gasteiger partial charge in [-0.1, -0.05) is 0 Å². The minimum Gasteiger partial charge on any atom is -0.304 e. The molecule has 3 nitrogen and oxygen atoms in total. The summed E-state index contributed by atoms with van der Waals surface area (Å²) in [5.41, 5.74) is 4.54. The van der Waals surface area contributed by atoms with Gasteiger partial charge in [0.15, 0.2) is 5.65 Å². The standard InChI is InChI=1S/C16H16ClN3S/c1-10-5-7-18-16-15(10)19-14(9-17)20(16)12-3-2-4-13-11(12)6-8-21-13/h5-8,12H,2-4,9H2,1H3. The molecule has 1 unspecified atom stereocenters. The topological polar surface area (TPSA) is 30.7 Å². The zero-order valence-electron chi connectivity index (χ0n) is 11.8. The quantitative estimate of drug-likeness (QED) is 0.653. The molecule has 0 amide bonds. The van der Waals surface area contributed by atoms with Crippen molar-refractivity contribution in [2.45, 2.75) is 38.1 Å². The van der Waals surface area contributed by atoms with Crippen LogP contribution in [0, 0.1) is 6.92 Å². The Hall–Kier alpha value is -1.39. The van der Waals surface area contributed by atoms with Crippen LogP contribution in [0.5, 0.6) is 0 Å². The summed E-state index contributed by atoms with van der Waals surface area (Å²) >= 11 is 8.03. The molecule has 4 rings (SSSR count). The average molecular weight is 318 g/mol. The maximum Gasteiger partial charge on any atom is 0.160 e. The molecule has 21 heavy (non-hydrogen) atoms. The first kappa shape index (κ1) is 13.3. The van der Waals surface area contributed by atoms with Crippen molar-refractivity contribution in [3.8, 4) is 0 Å². The SMILES string of the molecule is Cc1ccnc2c1nc(CCl)n2C1CCCc2sccc21. The van der Waals surface area contributed by atoms with Crippen LogP contribution in [0.15, 0.2) is 23.7 Å². The number of aromatic nitrogens is 3. The highest BCUT2D eigenvalue weighted by atomic mass is 35.5. The van der Waals surface area contributed by atoms with Crippen LogP contribution in [-0.4, -0.2) is 14.5 Å². The van der Waals surface area contributed by atoms with Gasteiger partial charge in [0.05, 0.1) is 11.9 Å². The molecule has 3 aromatic rings. The highest BCUT2D eigenvalue weighted by molar-refractivity contribution is 7.10. The molecule has 3 heterocycles. The summed E-state index contributed by atoms with van der Waals surface area (Å²) in [4.78, 5) is 10.8. The first-order chi connectivity index (χ1) is 10.3. The van der Waals surface area contributed by atoms with Gasteiger partial charge in [-0.3, -0.25) is 0 Å². The number of hydrogen-bond donors (Lipinski definition) is 0. The third kappa shape index (κ3) is 2.00. The van der Waals surface area contributed by atoms with Gasteiger partial charge >= 0.3 is 0 Å². The van der Waals surface area contributed by atoms with Crippen LogP contribution < -0.4 is 0 Å². The van der Waals surface area contributed by atoms with E-state index in [0.29, 0.717) is 11.9 Å². The lowest BCUT2D eigenvalue weighted by atomic mass is 9.93. The van der Waals surface area contributed by atoms with Gasteiger partial charge in [0, 0.05) is 11.1 Å². The van der Waals surface area contributed by atoms with Gasteiger partial charge in [-0.15, -0.1) is 22.9 Å². The smallest absolute Gasteiger partial charge is 0.160 e. The second kappa shape index (κ2) is 5.11. The van der Waals surface area contributed by atoms with Crippen molar-refractivity contribution >= 4 is 34.1 Å². The first-order valence-corrected chi connectivity index (χ1v) is 8.65. The summed E-state index contributed by atoms with van der Waals surface area (Å²) in [5.74, 6) is 1.35. The van der Waals surface area contributed by atoms with Crippen molar-refractivity contribution in [1.29, 1.82) is 0 Å². The molecule has 0 aliphatic heterocycles. The van der Waals surface area contributed by atoms with E-state index in [1.807, 2.05) is 23.6 Å². The normalized spacial score (nSPS) is 18.1. The Kier molecular flexibility index (Phi) is 3.23. The lowest BCUT2D eigenvalue weighted by Crippen LogP contribution is -2.17. The second-order valence-electron chi connectivity index (χ2n) is 5.54. The number of thiophene rings is 1. The molecule has 0 saturated heterocycles. The van der Waals surface area contributed by atoms with Crippen molar-refractivity contribution in [2.75, 3.05) is 0 Å². The van der Waals surface area contributed by atoms with E-state index in [9.17, 15) is 0 Å². The predicted molar refractivity (Wildman–Crippen MR) is 87.2 cm³/mol. The lowest BCUT2D eigenvalue weighted by molar-refractivity contribution is 0.492. The number of nitrogens with zero attached hydrogens (tertiary/aromatic N) is 3. The van der Waals surface area contributed by atoms with Crippen LogP contribution >= 0.6 is 22.9 Å². The van der Waals surface area contributed by atoms with E-state index in [0.717, 1.165) is 29.0 Å². The van der Waals surface area contributed by atoms with Gasteiger partial charge in [0.25, 0.3) is 0 Å². The third-order valence-corrected chi connectivity index (χ3v) is 5.54. The maximum absolute atomic E-state index is 6.17. The van der Waals surface area contributed by atoms with Crippen LogP contribution in [0.4, 0.5) is 0 Å². The zero-order chi connectivity index (χ0) is 14.4. The van der Waals surface area contributed by atoms with Crippen molar-refractivity contribution in [1.82, 2.24) is 14.5 Å². The van der Waals surface area contributed by atoms with Gasteiger partial charge in [-0.25, -0.2) is 9.97 Å². The molecule has 1 atom stereocenters. The Balaban J connectivity index is 1.97. The molecule has 5 heteroatoms. The van der Waals surface area contributed by atoms with Gasteiger partial charge in [-0.05, 0) is 54.8 Å². The minimum absolute atomic E-state index is 0.327. The van der Waals surface area contributed by atoms with E-state index in [-0.39, 0.29) is 0 Å². The highest BCUT2D eigenvalue weighted by Gasteiger charge is 2.27. The van der Waals surface area contributed by atoms with E-state index in [1.165, 1.54) is 23.3 Å². The predicted octanol–water partition coefficient (Wildman–Crippen LogP) is 4.47. The molecule has 0 spiro atoms. The fraction of sp³-hybridized carbons (Fsp3) is 0.375. The summed E-state index contributed by atoms with van der Waals surface area (Å²) in [7, 11) is 0. The number of halogens is 1. The molecule has 0 fully saturated rings. The van der Waals surface area contributed by atoms with Crippen molar-refractivity contribution in [3.63, 3.8) is 0 Å². The average Bonchev–Trinajstić information content (AvgIpc) is 3.11. The molecule has 0 saturated carbocycles. The lowest BCUT2D eigenvalue weighted by Gasteiger charge is -2.25. The number of fused-ring (bicyclic) bond motifs is 2. The first-order valence-electron chi connectivity index (χ1n) is 7.24. The number of hydrogen-bond acceptors (Lipinski definition) is 3. The Bertz CT molecular complexity index is 805. The largest absolute Gasteiger partial charge is 0.304 e. The minimum atomic E-state index is 0.327. The molecule has 0 bridgehead atoms. The Labute approximate surface area is 132 Å². The van der Waals surface area contributed by atoms with Gasteiger partial charge in [0.1, 0.15) is 11.3 Å². The summed E-state index contributed by atoms with van der Waals surface area (Å²) < 4.78 is 2.26. The summed E-state index contributed by atoms with van der Waals surface area (Å²) in [6, 6.07) is 4.59. The molecular weight excluding hydrogens is 302 g/mol. The fourth-order valence-electron chi connectivity index (χ4n) is 3.31. The number of rotatable bonds is 2. The van der Waals surface area contributed by atoms with Crippen LogP contribution in [0.1, 0.15) is 40.7 Å². The molecule has 1 aliphatic rings.